The third-order valence-electron chi connectivity index (χ3n) is 2.88. The van der Waals surface area contributed by atoms with Gasteiger partial charge in [0.1, 0.15) is 11.5 Å². The Morgan fingerprint density at radius 2 is 1.50 bits per heavy atom. The number of esters is 3. The van der Waals surface area contributed by atoms with Gasteiger partial charge in [-0.2, -0.15) is 0 Å². The summed E-state index contributed by atoms with van der Waals surface area (Å²) in [6, 6.07) is 0. The predicted octanol–water partition coefficient (Wildman–Crippen LogP) is 3.22. The number of rotatable bonds is 9. The van der Waals surface area contributed by atoms with Crippen molar-refractivity contribution in [2.75, 3.05) is 6.61 Å². The van der Waals surface area contributed by atoms with E-state index in [1.54, 1.807) is 27.7 Å². The molecule has 0 aliphatic heterocycles. The lowest BCUT2D eigenvalue weighted by Crippen LogP contribution is -2.29. The summed E-state index contributed by atoms with van der Waals surface area (Å²) in [5.41, 5.74) is -0.666. The largest absolute Gasteiger partial charge is 0.465 e. The molecule has 0 amide bonds. The molecule has 0 heterocycles. The lowest BCUT2D eigenvalue weighted by molar-refractivity contribution is -0.158. The van der Waals surface area contributed by atoms with Crippen LogP contribution in [0.25, 0.3) is 0 Å². The third kappa shape index (κ3) is 11.0. The maximum Gasteiger partial charge on any atom is 0.314 e. The molecule has 6 heteroatoms. The molecule has 24 heavy (non-hydrogen) atoms. The highest BCUT2D eigenvalue weighted by atomic mass is 16.6. The Labute approximate surface area is 145 Å². The molecule has 0 rings (SSSR count). The van der Waals surface area contributed by atoms with Gasteiger partial charge in [0.2, 0.25) is 0 Å². The van der Waals surface area contributed by atoms with Crippen LogP contribution in [0.3, 0.4) is 0 Å². The lowest BCUT2D eigenvalue weighted by atomic mass is 10.0. The summed E-state index contributed by atoms with van der Waals surface area (Å²) in [4.78, 5) is 36.1. The zero-order valence-electron chi connectivity index (χ0n) is 15.9. The Balaban J connectivity index is 4.85. The molecule has 0 bridgehead atoms. The van der Waals surface area contributed by atoms with Gasteiger partial charge in [-0.25, -0.2) is 0 Å². The minimum atomic E-state index is -0.666. The topological polar surface area (TPSA) is 78.9 Å². The second-order valence-electron chi connectivity index (χ2n) is 7.24. The number of ether oxygens (including phenoxy) is 3. The molecule has 0 aromatic heterocycles. The summed E-state index contributed by atoms with van der Waals surface area (Å²) in [6.07, 6.45) is -0.217. The Bertz CT molecular complexity index is 422. The fourth-order valence-electron chi connectivity index (χ4n) is 1.59. The summed E-state index contributed by atoms with van der Waals surface area (Å²) in [7, 11) is 0. The van der Waals surface area contributed by atoms with E-state index in [0.717, 1.165) is 0 Å². The van der Waals surface area contributed by atoms with Crippen LogP contribution in [0.1, 0.15) is 67.7 Å². The Morgan fingerprint density at radius 1 is 0.958 bits per heavy atom. The molecular weight excluding hydrogens is 312 g/mol. The van der Waals surface area contributed by atoms with Crippen LogP contribution in [0, 0.1) is 11.8 Å². The smallest absolute Gasteiger partial charge is 0.314 e. The minimum absolute atomic E-state index is 0.0540. The third-order valence-corrected chi connectivity index (χ3v) is 2.88. The summed E-state index contributed by atoms with van der Waals surface area (Å²) < 4.78 is 15.5. The van der Waals surface area contributed by atoms with E-state index in [2.05, 4.69) is 0 Å². The molecule has 139 valence electrons. The van der Waals surface area contributed by atoms with Gasteiger partial charge in [-0.3, -0.25) is 14.4 Å². The summed E-state index contributed by atoms with van der Waals surface area (Å²) in [5, 5.41) is 0. The standard InChI is InChI=1S/C18H31O6/c1-8-13(4)23-17(21)14(9-15(19)22-11-12(2)3)10-16(20)24-18(5,6)7/h12-13H,8-11H2,1-7H3. The first kappa shape index (κ1) is 22.4. The predicted molar refractivity (Wildman–Crippen MR) is 90.0 cm³/mol. The molecule has 1 atom stereocenters. The van der Waals surface area contributed by atoms with Crippen molar-refractivity contribution >= 4 is 17.9 Å². The Morgan fingerprint density at radius 3 is 1.96 bits per heavy atom. The van der Waals surface area contributed by atoms with E-state index in [9.17, 15) is 14.4 Å². The average Bonchev–Trinajstić information content (AvgIpc) is 2.42. The molecule has 0 spiro atoms. The quantitative estimate of drug-likeness (QED) is 0.472. The monoisotopic (exact) mass is 343 g/mol. The molecule has 0 fully saturated rings. The lowest BCUT2D eigenvalue weighted by Gasteiger charge is -2.22. The van der Waals surface area contributed by atoms with Crippen molar-refractivity contribution in [3.63, 3.8) is 0 Å². The number of carbonyl (C=O) groups is 3. The molecule has 0 aromatic carbocycles. The molecule has 0 aliphatic rings. The molecule has 1 radical (unpaired) electrons. The fraction of sp³-hybridized carbons (Fsp3) is 0.778. The van der Waals surface area contributed by atoms with Gasteiger partial charge in [0.05, 0.1) is 25.6 Å². The van der Waals surface area contributed by atoms with Crippen LogP contribution in [-0.2, 0) is 28.6 Å². The fourth-order valence-corrected chi connectivity index (χ4v) is 1.59. The van der Waals surface area contributed by atoms with Crippen LogP contribution in [0.15, 0.2) is 0 Å². The molecule has 0 saturated carbocycles. The van der Waals surface area contributed by atoms with Crippen LogP contribution in [0.2, 0.25) is 0 Å². The van der Waals surface area contributed by atoms with E-state index in [1.807, 2.05) is 20.8 Å². The van der Waals surface area contributed by atoms with Gasteiger partial charge in [-0.1, -0.05) is 20.8 Å². The summed E-state index contributed by atoms with van der Waals surface area (Å²) >= 11 is 0. The van der Waals surface area contributed by atoms with Crippen LogP contribution in [-0.4, -0.2) is 36.2 Å². The molecule has 0 aromatic rings. The molecule has 0 N–H and O–H groups in total. The van der Waals surface area contributed by atoms with Crippen LogP contribution in [0.5, 0.6) is 0 Å². The number of hydrogen-bond donors (Lipinski definition) is 0. The van der Waals surface area contributed by atoms with Gasteiger partial charge in [0, 0.05) is 0 Å². The van der Waals surface area contributed by atoms with Gasteiger partial charge < -0.3 is 14.2 Å². The molecule has 6 nitrogen and oxygen atoms in total. The van der Waals surface area contributed by atoms with Crippen molar-refractivity contribution in [3.05, 3.63) is 5.92 Å². The highest BCUT2D eigenvalue weighted by Gasteiger charge is 2.31. The number of carbonyl (C=O) groups excluding carboxylic acids is 3. The van der Waals surface area contributed by atoms with Gasteiger partial charge in [0.25, 0.3) is 0 Å². The van der Waals surface area contributed by atoms with E-state index in [1.165, 1.54) is 0 Å². The average molecular weight is 343 g/mol. The van der Waals surface area contributed by atoms with Gasteiger partial charge in [-0.05, 0) is 40.0 Å². The molecule has 0 aliphatic carbocycles. The second-order valence-corrected chi connectivity index (χ2v) is 7.24. The van der Waals surface area contributed by atoms with E-state index in [-0.39, 0.29) is 37.4 Å². The van der Waals surface area contributed by atoms with Gasteiger partial charge in [-0.15, -0.1) is 0 Å². The Hall–Kier alpha value is -1.59. The zero-order chi connectivity index (χ0) is 18.9. The first-order valence-electron chi connectivity index (χ1n) is 8.37. The highest BCUT2D eigenvalue weighted by Crippen LogP contribution is 2.20. The van der Waals surface area contributed by atoms with Gasteiger partial charge in [0.15, 0.2) is 0 Å². The van der Waals surface area contributed by atoms with Crippen molar-refractivity contribution in [2.45, 2.75) is 79.4 Å². The van der Waals surface area contributed by atoms with Crippen molar-refractivity contribution in [2.24, 2.45) is 5.92 Å². The second kappa shape index (κ2) is 10.3. The van der Waals surface area contributed by atoms with E-state index < -0.39 is 23.5 Å². The maximum atomic E-state index is 12.2. The highest BCUT2D eigenvalue weighted by molar-refractivity contribution is 5.94. The molecular formula is C18H31O6. The van der Waals surface area contributed by atoms with Crippen molar-refractivity contribution in [1.82, 2.24) is 0 Å². The van der Waals surface area contributed by atoms with E-state index in [4.69, 9.17) is 14.2 Å². The summed E-state index contributed by atoms with van der Waals surface area (Å²) in [6.45, 7) is 12.9. The van der Waals surface area contributed by atoms with Crippen molar-refractivity contribution < 1.29 is 28.6 Å². The normalized spacial score (nSPS) is 12.9. The van der Waals surface area contributed by atoms with Crippen LogP contribution in [0.4, 0.5) is 0 Å². The SMILES string of the molecule is CCC(C)OC(=O)[C](CC(=O)OCC(C)C)CC(=O)OC(C)(C)C. The van der Waals surface area contributed by atoms with Crippen molar-refractivity contribution in [3.8, 4) is 0 Å². The zero-order valence-corrected chi connectivity index (χ0v) is 15.9. The van der Waals surface area contributed by atoms with Gasteiger partial charge >= 0.3 is 17.9 Å². The van der Waals surface area contributed by atoms with Crippen molar-refractivity contribution in [1.29, 1.82) is 0 Å². The first-order valence-corrected chi connectivity index (χ1v) is 8.37. The number of hydrogen-bond acceptors (Lipinski definition) is 6. The molecule has 0 saturated heterocycles. The first-order chi connectivity index (χ1) is 10.9. The minimum Gasteiger partial charge on any atom is -0.465 e. The van der Waals surface area contributed by atoms with E-state index in [0.29, 0.717) is 6.42 Å². The van der Waals surface area contributed by atoms with Crippen LogP contribution < -0.4 is 0 Å². The molecule has 1 unspecified atom stereocenters. The summed E-state index contributed by atoms with van der Waals surface area (Å²) in [5.74, 6) is -1.54. The Kier molecular flexibility index (Phi) is 9.63. The van der Waals surface area contributed by atoms with E-state index >= 15 is 0 Å². The van der Waals surface area contributed by atoms with Crippen LogP contribution >= 0.6 is 0 Å². The maximum absolute atomic E-state index is 12.2.